The maximum atomic E-state index is 13.6. The van der Waals surface area contributed by atoms with Gasteiger partial charge in [-0.25, -0.2) is 4.39 Å². The van der Waals surface area contributed by atoms with Gasteiger partial charge >= 0.3 is 0 Å². The number of halogens is 1. The van der Waals surface area contributed by atoms with Gasteiger partial charge in [-0.15, -0.1) is 5.92 Å². The first-order chi connectivity index (χ1) is 7.11. The highest BCUT2D eigenvalue weighted by molar-refractivity contribution is 5.50. The summed E-state index contributed by atoms with van der Waals surface area (Å²) in [6, 6.07) is 3.12. The number of benzene rings is 1. The van der Waals surface area contributed by atoms with Crippen molar-refractivity contribution in [2.45, 2.75) is 27.2 Å². The van der Waals surface area contributed by atoms with Crippen molar-refractivity contribution in [1.82, 2.24) is 0 Å². The summed E-state index contributed by atoms with van der Waals surface area (Å²) < 4.78 is 13.6. The molecule has 0 atom stereocenters. The van der Waals surface area contributed by atoms with E-state index in [-0.39, 0.29) is 5.82 Å². The minimum Gasteiger partial charge on any atom is -0.206 e. The van der Waals surface area contributed by atoms with E-state index in [1.165, 1.54) is 6.07 Å². The van der Waals surface area contributed by atoms with E-state index in [1.54, 1.807) is 13.0 Å². The first-order valence-corrected chi connectivity index (χ1v) is 5.01. The third-order valence-electron chi connectivity index (χ3n) is 2.45. The third-order valence-corrected chi connectivity index (χ3v) is 2.45. The van der Waals surface area contributed by atoms with Crippen LogP contribution in [0.15, 0.2) is 12.1 Å². The Morgan fingerprint density at radius 3 is 2.67 bits per heavy atom. The maximum Gasteiger partial charge on any atom is 0.139 e. The fourth-order valence-electron chi connectivity index (χ4n) is 1.53. The van der Waals surface area contributed by atoms with E-state index in [4.69, 9.17) is 0 Å². The highest BCUT2D eigenvalue weighted by atomic mass is 19.1. The summed E-state index contributed by atoms with van der Waals surface area (Å²) in [5.41, 5.74) is 1.60. The van der Waals surface area contributed by atoms with E-state index < -0.39 is 0 Å². The van der Waals surface area contributed by atoms with Crippen LogP contribution in [0.25, 0.3) is 12.2 Å². The molecule has 1 aromatic rings. The molecular formula is C14H15F. The summed E-state index contributed by atoms with van der Waals surface area (Å²) in [7, 11) is 0. The van der Waals surface area contributed by atoms with Crippen LogP contribution in [-0.4, -0.2) is 0 Å². The Balaban J connectivity index is 3.82. The second kappa shape index (κ2) is 4.79. The van der Waals surface area contributed by atoms with Crippen molar-refractivity contribution in [2.75, 3.05) is 0 Å². The first-order valence-electron chi connectivity index (χ1n) is 5.01. The molecule has 1 heteroatoms. The lowest BCUT2D eigenvalue weighted by Crippen LogP contribution is -2.29. The lowest BCUT2D eigenvalue weighted by Gasteiger charge is -2.01. The van der Waals surface area contributed by atoms with Gasteiger partial charge in [-0.1, -0.05) is 31.1 Å². The van der Waals surface area contributed by atoms with Crippen molar-refractivity contribution in [3.63, 3.8) is 0 Å². The standard InChI is InChI=1S/C14H15F/c1-5-7-12-13(15)9-8-11(4)14(12)10(3)6-2/h8-9H,4,6H2,1-3H3/b14-10-. The number of hydrogen-bond donors (Lipinski definition) is 0. The topological polar surface area (TPSA) is 0 Å². The quantitative estimate of drug-likeness (QED) is 0.612. The zero-order valence-corrected chi connectivity index (χ0v) is 9.45. The molecule has 0 radical (unpaired) electrons. The van der Waals surface area contributed by atoms with Gasteiger partial charge in [0, 0.05) is 0 Å². The second-order valence-corrected chi connectivity index (χ2v) is 3.47. The summed E-state index contributed by atoms with van der Waals surface area (Å²) in [6.45, 7) is 9.66. The molecular weight excluding hydrogens is 187 g/mol. The summed E-state index contributed by atoms with van der Waals surface area (Å²) >= 11 is 0. The van der Waals surface area contributed by atoms with Crippen molar-refractivity contribution in [3.8, 4) is 11.8 Å². The normalized spacial score (nSPS) is 11.7. The van der Waals surface area contributed by atoms with Crippen LogP contribution in [0.5, 0.6) is 0 Å². The van der Waals surface area contributed by atoms with E-state index in [2.05, 4.69) is 18.4 Å². The Hall–Kier alpha value is -1.55. The summed E-state index contributed by atoms with van der Waals surface area (Å²) in [6.07, 6.45) is 0.879. The Kier molecular flexibility index (Phi) is 3.68. The largest absolute Gasteiger partial charge is 0.206 e. The molecule has 0 spiro atoms. The van der Waals surface area contributed by atoms with Crippen LogP contribution in [-0.2, 0) is 0 Å². The van der Waals surface area contributed by atoms with Crippen molar-refractivity contribution < 1.29 is 4.39 Å². The predicted molar refractivity (Wildman–Crippen MR) is 63.1 cm³/mol. The lowest BCUT2D eigenvalue weighted by atomic mass is 10.0. The van der Waals surface area contributed by atoms with Crippen LogP contribution in [0.3, 0.4) is 0 Å². The highest BCUT2D eigenvalue weighted by Crippen LogP contribution is 2.01. The van der Waals surface area contributed by atoms with Gasteiger partial charge in [0.25, 0.3) is 0 Å². The van der Waals surface area contributed by atoms with Gasteiger partial charge in [-0.2, -0.15) is 0 Å². The molecule has 1 aromatic carbocycles. The smallest absolute Gasteiger partial charge is 0.139 e. The van der Waals surface area contributed by atoms with Gasteiger partial charge in [0.15, 0.2) is 0 Å². The van der Waals surface area contributed by atoms with Gasteiger partial charge in [0.05, 0.1) is 5.56 Å². The fourth-order valence-corrected chi connectivity index (χ4v) is 1.53. The van der Waals surface area contributed by atoms with Gasteiger partial charge in [-0.05, 0) is 36.8 Å². The fraction of sp³-hybridized carbons (Fsp3) is 0.286. The summed E-state index contributed by atoms with van der Waals surface area (Å²) in [5, 5.41) is 1.71. The Labute approximate surface area is 90.1 Å². The molecule has 15 heavy (non-hydrogen) atoms. The zero-order valence-electron chi connectivity index (χ0n) is 9.45. The molecule has 0 aliphatic carbocycles. The summed E-state index contributed by atoms with van der Waals surface area (Å²) in [4.78, 5) is 0. The third kappa shape index (κ3) is 2.27. The van der Waals surface area contributed by atoms with Crippen molar-refractivity contribution in [2.24, 2.45) is 0 Å². The van der Waals surface area contributed by atoms with Crippen LogP contribution in [0.2, 0.25) is 0 Å². The molecule has 0 nitrogen and oxygen atoms in total. The SMILES string of the molecule is C=c1ccc(F)c(C#CC)/c1=C(/C)CC. The molecule has 0 saturated carbocycles. The van der Waals surface area contributed by atoms with Crippen molar-refractivity contribution in [3.05, 3.63) is 34.0 Å². The maximum absolute atomic E-state index is 13.6. The van der Waals surface area contributed by atoms with Gasteiger partial charge in [0.1, 0.15) is 5.82 Å². The molecule has 1 rings (SSSR count). The molecule has 0 fully saturated rings. The molecule has 0 saturated heterocycles. The van der Waals surface area contributed by atoms with Gasteiger partial charge in [0.2, 0.25) is 0 Å². The average Bonchev–Trinajstić information content (AvgIpc) is 2.23. The minimum atomic E-state index is -0.264. The van der Waals surface area contributed by atoms with E-state index in [0.29, 0.717) is 5.56 Å². The zero-order chi connectivity index (χ0) is 11.4. The molecule has 0 amide bonds. The second-order valence-electron chi connectivity index (χ2n) is 3.47. The Morgan fingerprint density at radius 1 is 1.47 bits per heavy atom. The average molecular weight is 202 g/mol. The molecule has 0 bridgehead atoms. The predicted octanol–water partition coefficient (Wildman–Crippen LogP) is 2.19. The van der Waals surface area contributed by atoms with Crippen molar-refractivity contribution in [1.29, 1.82) is 0 Å². The number of rotatable bonds is 1. The van der Waals surface area contributed by atoms with Crippen LogP contribution in [0.4, 0.5) is 4.39 Å². The van der Waals surface area contributed by atoms with Gasteiger partial charge < -0.3 is 0 Å². The molecule has 0 unspecified atom stereocenters. The van der Waals surface area contributed by atoms with Crippen LogP contribution in [0, 0.1) is 17.7 Å². The molecule has 0 N–H and O–H groups in total. The lowest BCUT2D eigenvalue weighted by molar-refractivity contribution is 0.622. The van der Waals surface area contributed by atoms with Crippen LogP contribution >= 0.6 is 0 Å². The highest BCUT2D eigenvalue weighted by Gasteiger charge is 2.03. The molecule has 0 aromatic heterocycles. The van der Waals surface area contributed by atoms with E-state index in [1.807, 2.05) is 13.8 Å². The first kappa shape index (κ1) is 11.5. The Bertz CT molecular complexity index is 527. The van der Waals surface area contributed by atoms with E-state index in [0.717, 1.165) is 22.4 Å². The molecule has 0 aliphatic rings. The van der Waals surface area contributed by atoms with Crippen molar-refractivity contribution >= 4 is 12.2 Å². The van der Waals surface area contributed by atoms with E-state index in [9.17, 15) is 4.39 Å². The Morgan fingerprint density at radius 2 is 2.13 bits per heavy atom. The minimum absolute atomic E-state index is 0.264. The van der Waals surface area contributed by atoms with Gasteiger partial charge in [-0.3, -0.25) is 0 Å². The summed E-state index contributed by atoms with van der Waals surface area (Å²) in [5.74, 6) is 5.29. The van der Waals surface area contributed by atoms with Crippen LogP contribution in [0.1, 0.15) is 32.8 Å². The molecule has 0 heterocycles. The van der Waals surface area contributed by atoms with E-state index >= 15 is 0 Å². The number of hydrogen-bond acceptors (Lipinski definition) is 0. The molecule has 0 aliphatic heterocycles. The monoisotopic (exact) mass is 202 g/mol. The van der Waals surface area contributed by atoms with Crippen LogP contribution < -0.4 is 10.4 Å². The molecule has 78 valence electrons.